The highest BCUT2D eigenvalue weighted by Gasteiger charge is 2.13. The van der Waals surface area contributed by atoms with Gasteiger partial charge in [-0.1, -0.05) is 59.6 Å². The van der Waals surface area contributed by atoms with E-state index in [4.69, 9.17) is 35.4 Å². The summed E-state index contributed by atoms with van der Waals surface area (Å²) in [5.41, 5.74) is 3.25. The first-order valence-electron chi connectivity index (χ1n) is 9.90. The molecule has 4 aromatic carbocycles. The zero-order valence-electron chi connectivity index (χ0n) is 16.9. The number of amides is 1. The largest absolute Gasteiger partial charge is 0.332 e. The van der Waals surface area contributed by atoms with Crippen molar-refractivity contribution >= 4 is 73.9 Å². The van der Waals surface area contributed by atoms with Gasteiger partial charge in [0.15, 0.2) is 5.11 Å². The zero-order valence-corrected chi connectivity index (χ0v) is 19.2. The van der Waals surface area contributed by atoms with E-state index in [0.29, 0.717) is 16.2 Å². The number of hydrogen-bond donors (Lipinski definition) is 2. The maximum atomic E-state index is 12.5. The summed E-state index contributed by atoms with van der Waals surface area (Å²) in [6.45, 7) is 0. The Morgan fingerprint density at radius 1 is 0.879 bits per heavy atom. The molecule has 0 aliphatic rings. The van der Waals surface area contributed by atoms with Crippen molar-refractivity contribution < 1.29 is 4.79 Å². The Morgan fingerprint density at radius 3 is 2.52 bits per heavy atom. The van der Waals surface area contributed by atoms with Crippen LogP contribution in [0.15, 0.2) is 78.9 Å². The van der Waals surface area contributed by atoms with E-state index in [0.717, 1.165) is 22.0 Å². The lowest BCUT2D eigenvalue weighted by Crippen LogP contribution is -2.34. The van der Waals surface area contributed by atoms with Gasteiger partial charge in [-0.05, 0) is 60.1 Å². The van der Waals surface area contributed by atoms with Gasteiger partial charge in [0.25, 0.3) is 5.91 Å². The third-order valence-corrected chi connectivity index (χ3v) is 5.78. The Morgan fingerprint density at radius 2 is 1.67 bits per heavy atom. The molecule has 0 aliphatic carbocycles. The summed E-state index contributed by atoms with van der Waals surface area (Å²) < 4.78 is 0. The van der Waals surface area contributed by atoms with E-state index >= 15 is 0 Å². The summed E-state index contributed by atoms with van der Waals surface area (Å²) in [5, 5.41) is 17.8. The number of nitrogens with zero attached hydrogens (tertiary/aromatic N) is 3. The Balaban J connectivity index is 1.36. The van der Waals surface area contributed by atoms with Crippen molar-refractivity contribution in [3.8, 4) is 5.69 Å². The van der Waals surface area contributed by atoms with Crippen LogP contribution < -0.4 is 10.6 Å². The summed E-state index contributed by atoms with van der Waals surface area (Å²) in [7, 11) is 0. The predicted molar refractivity (Wildman–Crippen MR) is 137 cm³/mol. The van der Waals surface area contributed by atoms with E-state index in [9.17, 15) is 4.79 Å². The molecule has 0 spiro atoms. The molecule has 0 aliphatic heterocycles. The number of aromatic nitrogens is 3. The van der Waals surface area contributed by atoms with Crippen molar-refractivity contribution in [2.45, 2.75) is 0 Å². The van der Waals surface area contributed by atoms with Crippen molar-refractivity contribution in [3.63, 3.8) is 0 Å². The van der Waals surface area contributed by atoms with E-state index in [2.05, 4.69) is 33.0 Å². The van der Waals surface area contributed by atoms with Crippen molar-refractivity contribution in [2.24, 2.45) is 0 Å². The Kier molecular flexibility index (Phi) is 5.68. The standard InChI is InChI=1S/C24H15Cl2N5OS/c25-15-8-10-18(19(26)12-15)23(32)28-24(33)27-16-9-11-20-21(13-16)30-31(29-20)22-7-3-5-14-4-1-2-6-17(14)22/h1-13H,(H2,27,28,32,33). The first-order chi connectivity index (χ1) is 16.0. The average molecular weight is 492 g/mol. The molecule has 1 amide bonds. The van der Waals surface area contributed by atoms with Crippen molar-refractivity contribution in [1.29, 1.82) is 0 Å². The molecule has 9 heteroatoms. The van der Waals surface area contributed by atoms with Gasteiger partial charge in [0.05, 0.1) is 16.3 Å². The molecular weight excluding hydrogens is 477 g/mol. The molecule has 2 N–H and O–H groups in total. The molecule has 1 heterocycles. The smallest absolute Gasteiger partial charge is 0.258 e. The van der Waals surface area contributed by atoms with Crippen LogP contribution in [0.25, 0.3) is 27.5 Å². The summed E-state index contributed by atoms with van der Waals surface area (Å²) in [6.07, 6.45) is 0. The fourth-order valence-electron chi connectivity index (χ4n) is 3.49. The number of hydrogen-bond acceptors (Lipinski definition) is 4. The van der Waals surface area contributed by atoms with E-state index in [1.165, 1.54) is 6.07 Å². The quantitative estimate of drug-likeness (QED) is 0.302. The van der Waals surface area contributed by atoms with Crippen molar-refractivity contribution in [2.75, 3.05) is 5.32 Å². The minimum atomic E-state index is -0.433. The third-order valence-electron chi connectivity index (χ3n) is 5.02. The molecule has 5 aromatic rings. The van der Waals surface area contributed by atoms with Crippen molar-refractivity contribution in [1.82, 2.24) is 20.3 Å². The summed E-state index contributed by atoms with van der Waals surface area (Å²) in [6, 6.07) is 24.2. The van der Waals surface area contributed by atoms with Crippen LogP contribution in [0.3, 0.4) is 0 Å². The van der Waals surface area contributed by atoms with Crippen LogP contribution in [0.4, 0.5) is 5.69 Å². The molecule has 1 aromatic heterocycles. The fourth-order valence-corrected chi connectivity index (χ4v) is 4.19. The summed E-state index contributed by atoms with van der Waals surface area (Å²) >= 11 is 17.3. The number of halogens is 2. The zero-order chi connectivity index (χ0) is 22.9. The lowest BCUT2D eigenvalue weighted by molar-refractivity contribution is 0.0978. The number of fused-ring (bicyclic) bond motifs is 2. The van der Waals surface area contributed by atoms with E-state index in [1.54, 1.807) is 16.9 Å². The Labute approximate surface area is 204 Å². The van der Waals surface area contributed by atoms with Gasteiger partial charge in [0.1, 0.15) is 11.0 Å². The highest BCUT2D eigenvalue weighted by molar-refractivity contribution is 7.80. The number of nitrogens with one attached hydrogen (secondary N) is 2. The Bertz CT molecular complexity index is 1540. The van der Waals surface area contributed by atoms with E-state index < -0.39 is 5.91 Å². The van der Waals surface area contributed by atoms with Crippen LogP contribution >= 0.6 is 35.4 Å². The first kappa shape index (κ1) is 21.3. The number of carbonyl (C=O) groups is 1. The van der Waals surface area contributed by atoms with E-state index in [1.807, 2.05) is 48.5 Å². The minimum Gasteiger partial charge on any atom is -0.332 e. The van der Waals surface area contributed by atoms with Crippen LogP contribution in [-0.2, 0) is 0 Å². The topological polar surface area (TPSA) is 71.8 Å². The molecule has 0 saturated heterocycles. The molecular formula is C24H15Cl2N5OS. The van der Waals surface area contributed by atoms with Gasteiger partial charge in [0.2, 0.25) is 0 Å². The first-order valence-corrected chi connectivity index (χ1v) is 11.1. The second-order valence-corrected chi connectivity index (χ2v) is 8.48. The van der Waals surface area contributed by atoms with Gasteiger partial charge in [-0.15, -0.1) is 15.0 Å². The lowest BCUT2D eigenvalue weighted by atomic mass is 10.1. The van der Waals surface area contributed by atoms with Crippen LogP contribution in [0.5, 0.6) is 0 Å². The second-order valence-electron chi connectivity index (χ2n) is 7.22. The highest BCUT2D eigenvalue weighted by atomic mass is 35.5. The normalized spacial score (nSPS) is 11.0. The summed E-state index contributed by atoms with van der Waals surface area (Å²) in [5.74, 6) is -0.433. The SMILES string of the molecule is O=C(NC(=S)Nc1ccc2nn(-c3cccc4ccccc34)nc2c1)c1ccc(Cl)cc1Cl. The Hall–Kier alpha value is -3.52. The number of thiocarbonyl (C=S) groups is 1. The average Bonchev–Trinajstić information content (AvgIpc) is 3.21. The molecule has 33 heavy (non-hydrogen) atoms. The van der Waals surface area contributed by atoms with Crippen LogP contribution in [0.1, 0.15) is 10.4 Å². The molecule has 0 radical (unpaired) electrons. The van der Waals surface area contributed by atoms with Gasteiger partial charge in [0, 0.05) is 16.1 Å². The van der Waals surface area contributed by atoms with Gasteiger partial charge in [-0.25, -0.2) is 0 Å². The number of carbonyl (C=O) groups excluding carboxylic acids is 1. The molecule has 0 atom stereocenters. The highest BCUT2D eigenvalue weighted by Crippen LogP contribution is 2.24. The molecule has 0 fully saturated rings. The second kappa shape index (κ2) is 8.78. The summed E-state index contributed by atoms with van der Waals surface area (Å²) in [4.78, 5) is 14.1. The molecule has 5 rings (SSSR count). The number of benzene rings is 4. The third kappa shape index (κ3) is 4.39. The monoisotopic (exact) mass is 491 g/mol. The number of anilines is 1. The van der Waals surface area contributed by atoms with Gasteiger partial charge >= 0.3 is 0 Å². The fraction of sp³-hybridized carbons (Fsp3) is 0. The molecule has 162 valence electrons. The van der Waals surface area contributed by atoms with Crippen LogP contribution in [0, 0.1) is 0 Å². The van der Waals surface area contributed by atoms with Gasteiger partial charge in [-0.3, -0.25) is 10.1 Å². The molecule has 0 bridgehead atoms. The molecule has 0 unspecified atom stereocenters. The van der Waals surface area contributed by atoms with Crippen LogP contribution in [0.2, 0.25) is 10.0 Å². The maximum absolute atomic E-state index is 12.5. The molecule has 0 saturated carbocycles. The lowest BCUT2D eigenvalue weighted by Gasteiger charge is -2.10. The van der Waals surface area contributed by atoms with Gasteiger partial charge in [-0.2, -0.15) is 0 Å². The predicted octanol–water partition coefficient (Wildman–Crippen LogP) is 6.01. The number of rotatable bonds is 3. The van der Waals surface area contributed by atoms with Gasteiger partial charge < -0.3 is 5.32 Å². The van der Waals surface area contributed by atoms with Crippen molar-refractivity contribution in [3.05, 3.63) is 94.5 Å². The maximum Gasteiger partial charge on any atom is 0.258 e. The molecule has 6 nitrogen and oxygen atoms in total. The van der Waals surface area contributed by atoms with E-state index in [-0.39, 0.29) is 15.7 Å². The van der Waals surface area contributed by atoms with Crippen LogP contribution in [-0.4, -0.2) is 26.0 Å². The minimum absolute atomic E-state index is 0.131.